The van der Waals surface area contributed by atoms with E-state index in [4.69, 9.17) is 9.26 Å². The SMILES string of the molecule is Cc1onc(-c2ccccc2)c1C(=O)N[C@@H](C)[C@@H]1CCCO1. The molecular weight excluding hydrogens is 280 g/mol. The zero-order chi connectivity index (χ0) is 15.5. The average molecular weight is 300 g/mol. The van der Waals surface area contributed by atoms with Gasteiger partial charge in [-0.2, -0.15) is 0 Å². The Bertz CT molecular complexity index is 645. The molecule has 0 spiro atoms. The highest BCUT2D eigenvalue weighted by Gasteiger charge is 2.27. The van der Waals surface area contributed by atoms with E-state index in [1.807, 2.05) is 37.3 Å². The third-order valence-electron chi connectivity index (χ3n) is 4.02. The van der Waals surface area contributed by atoms with Crippen LogP contribution in [0, 0.1) is 6.92 Å². The van der Waals surface area contributed by atoms with E-state index < -0.39 is 0 Å². The lowest BCUT2D eigenvalue weighted by Gasteiger charge is -2.19. The van der Waals surface area contributed by atoms with Crippen molar-refractivity contribution in [2.45, 2.75) is 38.8 Å². The number of aryl methyl sites for hydroxylation is 1. The fourth-order valence-electron chi connectivity index (χ4n) is 2.80. The maximum absolute atomic E-state index is 12.6. The van der Waals surface area contributed by atoms with E-state index in [1.54, 1.807) is 6.92 Å². The summed E-state index contributed by atoms with van der Waals surface area (Å²) >= 11 is 0. The summed E-state index contributed by atoms with van der Waals surface area (Å²) in [5.41, 5.74) is 1.94. The Morgan fingerprint density at radius 1 is 1.36 bits per heavy atom. The van der Waals surface area contributed by atoms with Gasteiger partial charge in [-0.1, -0.05) is 35.5 Å². The fraction of sp³-hybridized carbons (Fsp3) is 0.412. The molecule has 2 atom stereocenters. The van der Waals surface area contributed by atoms with Crippen LogP contribution in [0.5, 0.6) is 0 Å². The quantitative estimate of drug-likeness (QED) is 0.943. The molecule has 2 heterocycles. The summed E-state index contributed by atoms with van der Waals surface area (Å²) in [6.45, 7) is 4.50. The predicted molar refractivity (Wildman–Crippen MR) is 82.6 cm³/mol. The van der Waals surface area contributed by atoms with Gasteiger partial charge in [-0.15, -0.1) is 0 Å². The van der Waals surface area contributed by atoms with Crippen LogP contribution in [0.1, 0.15) is 35.9 Å². The Hall–Kier alpha value is -2.14. The summed E-state index contributed by atoms with van der Waals surface area (Å²) in [5, 5.41) is 7.06. The third kappa shape index (κ3) is 2.90. The largest absolute Gasteiger partial charge is 0.376 e. The number of carbonyl (C=O) groups is 1. The third-order valence-corrected chi connectivity index (χ3v) is 4.02. The van der Waals surface area contributed by atoms with Crippen LogP contribution in [0.25, 0.3) is 11.3 Å². The minimum Gasteiger partial charge on any atom is -0.376 e. The molecule has 5 heteroatoms. The van der Waals surface area contributed by atoms with Crippen molar-refractivity contribution in [1.82, 2.24) is 10.5 Å². The zero-order valence-corrected chi connectivity index (χ0v) is 12.8. The van der Waals surface area contributed by atoms with Crippen LogP contribution in [0.3, 0.4) is 0 Å². The normalized spacial score (nSPS) is 19.1. The number of nitrogens with zero attached hydrogens (tertiary/aromatic N) is 1. The maximum atomic E-state index is 12.6. The molecule has 0 radical (unpaired) electrons. The molecule has 2 aromatic rings. The van der Waals surface area contributed by atoms with Gasteiger partial charge in [0.05, 0.1) is 12.1 Å². The molecule has 1 aliphatic rings. The van der Waals surface area contributed by atoms with Crippen molar-refractivity contribution < 1.29 is 14.1 Å². The summed E-state index contributed by atoms with van der Waals surface area (Å²) in [7, 11) is 0. The van der Waals surface area contributed by atoms with E-state index in [2.05, 4.69) is 10.5 Å². The van der Waals surface area contributed by atoms with Gasteiger partial charge in [-0.3, -0.25) is 4.79 Å². The summed E-state index contributed by atoms with van der Waals surface area (Å²) in [5.74, 6) is 0.358. The molecule has 1 saturated heterocycles. The smallest absolute Gasteiger partial charge is 0.257 e. The summed E-state index contributed by atoms with van der Waals surface area (Å²) in [6, 6.07) is 9.55. The lowest BCUT2D eigenvalue weighted by Crippen LogP contribution is -2.41. The number of ether oxygens (including phenoxy) is 1. The van der Waals surface area contributed by atoms with Crippen molar-refractivity contribution in [2.75, 3.05) is 6.61 Å². The molecule has 116 valence electrons. The number of aromatic nitrogens is 1. The van der Waals surface area contributed by atoms with Crippen LogP contribution in [-0.4, -0.2) is 29.8 Å². The number of carbonyl (C=O) groups excluding carboxylic acids is 1. The second-order valence-corrected chi connectivity index (χ2v) is 5.64. The number of benzene rings is 1. The minimum atomic E-state index is -0.166. The molecule has 1 fully saturated rings. The van der Waals surface area contributed by atoms with Gasteiger partial charge >= 0.3 is 0 Å². The Labute approximate surface area is 129 Å². The van der Waals surface area contributed by atoms with Crippen LogP contribution < -0.4 is 5.32 Å². The lowest BCUT2D eigenvalue weighted by molar-refractivity contribution is 0.0712. The zero-order valence-electron chi connectivity index (χ0n) is 12.8. The maximum Gasteiger partial charge on any atom is 0.257 e. The topological polar surface area (TPSA) is 64.4 Å². The van der Waals surface area contributed by atoms with Crippen LogP contribution in [-0.2, 0) is 4.74 Å². The fourth-order valence-corrected chi connectivity index (χ4v) is 2.80. The van der Waals surface area contributed by atoms with E-state index in [0.29, 0.717) is 17.0 Å². The van der Waals surface area contributed by atoms with Gasteiger partial charge in [0.1, 0.15) is 17.0 Å². The van der Waals surface area contributed by atoms with Crippen molar-refractivity contribution >= 4 is 5.91 Å². The first-order chi connectivity index (χ1) is 10.7. The van der Waals surface area contributed by atoms with Crippen molar-refractivity contribution in [3.05, 3.63) is 41.7 Å². The molecule has 0 bridgehead atoms. The van der Waals surface area contributed by atoms with Crippen molar-refractivity contribution in [1.29, 1.82) is 0 Å². The van der Waals surface area contributed by atoms with Gasteiger partial charge in [-0.05, 0) is 26.7 Å². The highest BCUT2D eigenvalue weighted by atomic mass is 16.5. The molecule has 1 aromatic carbocycles. The van der Waals surface area contributed by atoms with Gasteiger partial charge in [0.2, 0.25) is 0 Å². The van der Waals surface area contributed by atoms with Gasteiger partial charge in [0.25, 0.3) is 5.91 Å². The molecule has 5 nitrogen and oxygen atoms in total. The van der Waals surface area contributed by atoms with Crippen LogP contribution >= 0.6 is 0 Å². The van der Waals surface area contributed by atoms with Crippen LogP contribution in [0.4, 0.5) is 0 Å². The van der Waals surface area contributed by atoms with Crippen molar-refractivity contribution in [3.63, 3.8) is 0 Å². The molecule has 0 unspecified atom stereocenters. The van der Waals surface area contributed by atoms with Crippen LogP contribution in [0.2, 0.25) is 0 Å². The first-order valence-electron chi connectivity index (χ1n) is 7.61. The van der Waals surface area contributed by atoms with Crippen LogP contribution in [0.15, 0.2) is 34.9 Å². The minimum absolute atomic E-state index is 0.0343. The first-order valence-corrected chi connectivity index (χ1v) is 7.61. The Morgan fingerprint density at radius 3 is 2.82 bits per heavy atom. The monoisotopic (exact) mass is 300 g/mol. The van der Waals surface area contributed by atoms with E-state index >= 15 is 0 Å². The molecule has 0 aliphatic carbocycles. The molecular formula is C17H20N2O3. The summed E-state index contributed by atoms with van der Waals surface area (Å²) < 4.78 is 10.9. The van der Waals surface area contributed by atoms with E-state index in [0.717, 1.165) is 25.0 Å². The second-order valence-electron chi connectivity index (χ2n) is 5.64. The number of hydrogen-bond donors (Lipinski definition) is 1. The van der Waals surface area contributed by atoms with Gasteiger partial charge in [0, 0.05) is 12.2 Å². The molecule has 22 heavy (non-hydrogen) atoms. The second kappa shape index (κ2) is 6.32. The standard InChI is InChI=1S/C17H20N2O3/c1-11(14-9-6-10-21-14)18-17(20)15-12(2)22-19-16(15)13-7-4-3-5-8-13/h3-5,7-8,11,14H,6,9-10H2,1-2H3,(H,18,20)/t11-,14-/m0/s1. The number of amides is 1. The number of rotatable bonds is 4. The Balaban J connectivity index is 1.82. The molecule has 0 saturated carbocycles. The highest BCUT2D eigenvalue weighted by Crippen LogP contribution is 2.25. The molecule has 1 aromatic heterocycles. The van der Waals surface area contributed by atoms with E-state index in [1.165, 1.54) is 0 Å². The predicted octanol–water partition coefficient (Wildman–Crippen LogP) is 2.95. The van der Waals surface area contributed by atoms with E-state index in [9.17, 15) is 4.79 Å². The molecule has 1 N–H and O–H groups in total. The molecule has 1 amide bonds. The number of hydrogen-bond acceptors (Lipinski definition) is 4. The Morgan fingerprint density at radius 2 is 2.14 bits per heavy atom. The van der Waals surface area contributed by atoms with Crippen molar-refractivity contribution in [2.24, 2.45) is 0 Å². The van der Waals surface area contributed by atoms with E-state index in [-0.39, 0.29) is 18.1 Å². The van der Waals surface area contributed by atoms with Gasteiger partial charge < -0.3 is 14.6 Å². The Kier molecular flexibility index (Phi) is 4.24. The van der Waals surface area contributed by atoms with Gasteiger partial charge in [-0.25, -0.2) is 0 Å². The lowest BCUT2D eigenvalue weighted by atomic mass is 10.0. The molecule has 3 rings (SSSR count). The first kappa shape index (κ1) is 14.8. The highest BCUT2D eigenvalue weighted by molar-refractivity contribution is 6.00. The average Bonchev–Trinajstić information content (AvgIpc) is 3.17. The summed E-state index contributed by atoms with van der Waals surface area (Å²) in [6.07, 6.45) is 2.12. The van der Waals surface area contributed by atoms with Gasteiger partial charge in [0.15, 0.2) is 0 Å². The number of nitrogens with one attached hydrogen (secondary N) is 1. The molecule has 1 aliphatic heterocycles. The summed E-state index contributed by atoms with van der Waals surface area (Å²) in [4.78, 5) is 12.6. The van der Waals surface area contributed by atoms with Crippen molar-refractivity contribution in [3.8, 4) is 11.3 Å².